The van der Waals surface area contributed by atoms with Gasteiger partial charge in [0.2, 0.25) is 0 Å². The Morgan fingerprint density at radius 2 is 2.25 bits per heavy atom. The first-order chi connectivity index (χ1) is 11.1. The Morgan fingerprint density at radius 3 is 2.92 bits per heavy atom. The van der Waals surface area contributed by atoms with Crippen molar-refractivity contribution < 1.29 is 0 Å². The molecule has 1 saturated heterocycles. The number of aliphatic imine (C=N–C) groups is 1. The van der Waals surface area contributed by atoms with Gasteiger partial charge in [0.1, 0.15) is 0 Å². The fourth-order valence-electron chi connectivity index (χ4n) is 3.03. The molecule has 2 N–H and O–H groups in total. The summed E-state index contributed by atoms with van der Waals surface area (Å²) in [6.07, 6.45) is 2.55. The van der Waals surface area contributed by atoms with Crippen molar-refractivity contribution in [2.45, 2.75) is 32.7 Å². The second kappa shape index (κ2) is 11.2. The van der Waals surface area contributed by atoms with Gasteiger partial charge in [-0.1, -0.05) is 23.7 Å². The summed E-state index contributed by atoms with van der Waals surface area (Å²) >= 11 is 6.08. The van der Waals surface area contributed by atoms with E-state index in [2.05, 4.69) is 42.5 Å². The van der Waals surface area contributed by atoms with Crippen LogP contribution in [-0.2, 0) is 0 Å². The Kier molecular flexibility index (Phi) is 10.0. The Morgan fingerprint density at radius 1 is 1.46 bits per heavy atom. The maximum absolute atomic E-state index is 6.08. The van der Waals surface area contributed by atoms with Gasteiger partial charge in [-0.3, -0.25) is 4.99 Å². The number of hydrogen-bond donors (Lipinski definition) is 2. The molecule has 0 aromatic heterocycles. The van der Waals surface area contributed by atoms with Crippen molar-refractivity contribution in [2.24, 2.45) is 10.9 Å². The number of guanidine groups is 1. The van der Waals surface area contributed by atoms with Crippen LogP contribution in [-0.4, -0.2) is 44.1 Å². The van der Waals surface area contributed by atoms with Gasteiger partial charge in [-0.2, -0.15) is 0 Å². The molecule has 1 fully saturated rings. The molecule has 1 heterocycles. The molecule has 4 nitrogen and oxygen atoms in total. The van der Waals surface area contributed by atoms with Gasteiger partial charge >= 0.3 is 0 Å². The van der Waals surface area contributed by atoms with Crippen molar-refractivity contribution in [1.29, 1.82) is 0 Å². The molecule has 0 spiro atoms. The van der Waals surface area contributed by atoms with E-state index < -0.39 is 0 Å². The number of likely N-dealkylation sites (tertiary alicyclic amines) is 1. The predicted molar refractivity (Wildman–Crippen MR) is 115 cm³/mol. The molecule has 24 heavy (non-hydrogen) atoms. The highest BCUT2D eigenvalue weighted by Gasteiger charge is 2.17. The van der Waals surface area contributed by atoms with Gasteiger partial charge in [0, 0.05) is 24.7 Å². The minimum Gasteiger partial charge on any atom is -0.357 e. The molecule has 0 aliphatic carbocycles. The van der Waals surface area contributed by atoms with E-state index >= 15 is 0 Å². The van der Waals surface area contributed by atoms with Gasteiger partial charge in [0.05, 0.1) is 6.04 Å². The molecule has 136 valence electrons. The van der Waals surface area contributed by atoms with Crippen LogP contribution in [0.2, 0.25) is 5.02 Å². The highest BCUT2D eigenvalue weighted by Crippen LogP contribution is 2.18. The molecule has 0 saturated carbocycles. The van der Waals surface area contributed by atoms with E-state index in [4.69, 9.17) is 16.6 Å². The third-order valence-electron chi connectivity index (χ3n) is 4.28. The van der Waals surface area contributed by atoms with E-state index in [0.29, 0.717) is 5.92 Å². The first-order valence-electron chi connectivity index (χ1n) is 8.57. The zero-order chi connectivity index (χ0) is 16.7. The summed E-state index contributed by atoms with van der Waals surface area (Å²) < 4.78 is 0. The largest absolute Gasteiger partial charge is 0.357 e. The summed E-state index contributed by atoms with van der Waals surface area (Å²) in [5.74, 6) is 1.54. The van der Waals surface area contributed by atoms with Crippen LogP contribution in [0.15, 0.2) is 29.3 Å². The molecule has 0 radical (unpaired) electrons. The highest BCUT2D eigenvalue weighted by molar-refractivity contribution is 14.0. The number of rotatable bonds is 5. The first kappa shape index (κ1) is 21.5. The molecule has 2 unspecified atom stereocenters. The standard InChI is InChI=1S/C18H29ClN4.HI/c1-4-20-18(21-12-15-7-6-10-23(3)13-15)22-14(2)16-8-5-9-17(19)11-16;/h5,8-9,11,14-15H,4,6-7,10,12-13H2,1-3H3,(H2,20,21,22);1H. The van der Waals surface area contributed by atoms with Gasteiger partial charge in [-0.25, -0.2) is 0 Å². The average molecular weight is 465 g/mol. The van der Waals surface area contributed by atoms with E-state index in [-0.39, 0.29) is 30.0 Å². The van der Waals surface area contributed by atoms with Crippen molar-refractivity contribution in [3.8, 4) is 0 Å². The summed E-state index contributed by atoms with van der Waals surface area (Å²) in [6, 6.07) is 8.14. The molecule has 1 aliphatic rings. The van der Waals surface area contributed by atoms with Gasteiger partial charge in [-0.05, 0) is 63.9 Å². The third-order valence-corrected chi connectivity index (χ3v) is 4.51. The number of nitrogens with zero attached hydrogens (tertiary/aromatic N) is 2. The van der Waals surface area contributed by atoms with Gasteiger partial charge in [0.15, 0.2) is 5.96 Å². The molecule has 1 aromatic carbocycles. The molecular formula is C18H30ClIN4. The number of piperidine rings is 1. The zero-order valence-electron chi connectivity index (χ0n) is 14.9. The lowest BCUT2D eigenvalue weighted by molar-refractivity contribution is 0.214. The normalized spacial score (nSPS) is 20.2. The topological polar surface area (TPSA) is 39.7 Å². The summed E-state index contributed by atoms with van der Waals surface area (Å²) in [6.45, 7) is 8.32. The van der Waals surface area contributed by atoms with Crippen molar-refractivity contribution in [3.05, 3.63) is 34.9 Å². The number of nitrogens with one attached hydrogen (secondary N) is 2. The second-order valence-electron chi connectivity index (χ2n) is 6.41. The molecule has 6 heteroatoms. The van der Waals surface area contributed by atoms with Crippen molar-refractivity contribution >= 4 is 41.5 Å². The minimum absolute atomic E-state index is 0. The fourth-order valence-corrected chi connectivity index (χ4v) is 3.23. The van der Waals surface area contributed by atoms with Crippen molar-refractivity contribution in [1.82, 2.24) is 15.5 Å². The number of halogens is 2. The van der Waals surface area contributed by atoms with Crippen LogP contribution in [0.25, 0.3) is 0 Å². The molecule has 0 amide bonds. The number of hydrogen-bond acceptors (Lipinski definition) is 2. The van der Waals surface area contributed by atoms with Crippen LogP contribution in [0.1, 0.15) is 38.3 Å². The lowest BCUT2D eigenvalue weighted by Gasteiger charge is -2.29. The molecular weight excluding hydrogens is 435 g/mol. The SMILES string of the molecule is CCNC(=NCC1CCCN(C)C1)NC(C)c1cccc(Cl)c1.I. The van der Waals surface area contributed by atoms with E-state index in [0.717, 1.165) is 30.6 Å². The Balaban J connectivity index is 0.00000288. The Labute approximate surface area is 168 Å². The first-order valence-corrected chi connectivity index (χ1v) is 8.95. The van der Waals surface area contributed by atoms with E-state index in [1.54, 1.807) is 0 Å². The summed E-state index contributed by atoms with van der Waals surface area (Å²) in [7, 11) is 2.19. The lowest BCUT2D eigenvalue weighted by Crippen LogP contribution is -2.40. The van der Waals surface area contributed by atoms with Crippen LogP contribution in [0, 0.1) is 5.92 Å². The molecule has 2 rings (SSSR count). The van der Waals surface area contributed by atoms with E-state index in [1.807, 2.05) is 18.2 Å². The Bertz CT molecular complexity index is 523. The van der Waals surface area contributed by atoms with Gasteiger partial charge in [-0.15, -0.1) is 24.0 Å². The summed E-state index contributed by atoms with van der Waals surface area (Å²) in [4.78, 5) is 7.20. The van der Waals surface area contributed by atoms with Crippen molar-refractivity contribution in [3.63, 3.8) is 0 Å². The van der Waals surface area contributed by atoms with Gasteiger partial charge in [0.25, 0.3) is 0 Å². The van der Waals surface area contributed by atoms with Crippen LogP contribution < -0.4 is 10.6 Å². The summed E-state index contributed by atoms with van der Waals surface area (Å²) in [5.41, 5.74) is 1.17. The molecule has 2 atom stereocenters. The average Bonchev–Trinajstić information content (AvgIpc) is 2.53. The fraction of sp³-hybridized carbons (Fsp3) is 0.611. The lowest BCUT2D eigenvalue weighted by atomic mass is 9.99. The maximum Gasteiger partial charge on any atom is 0.191 e. The molecule has 1 aromatic rings. The minimum atomic E-state index is 0. The maximum atomic E-state index is 6.08. The molecule has 1 aliphatic heterocycles. The van der Waals surface area contributed by atoms with E-state index in [9.17, 15) is 0 Å². The van der Waals surface area contributed by atoms with Gasteiger partial charge < -0.3 is 15.5 Å². The second-order valence-corrected chi connectivity index (χ2v) is 6.85. The quantitative estimate of drug-likeness (QED) is 0.394. The zero-order valence-corrected chi connectivity index (χ0v) is 18.0. The van der Waals surface area contributed by atoms with Crippen LogP contribution in [0.5, 0.6) is 0 Å². The van der Waals surface area contributed by atoms with Crippen LogP contribution >= 0.6 is 35.6 Å². The van der Waals surface area contributed by atoms with Crippen molar-refractivity contribution in [2.75, 3.05) is 33.2 Å². The predicted octanol–water partition coefficient (Wildman–Crippen LogP) is 3.92. The summed E-state index contributed by atoms with van der Waals surface area (Å²) in [5, 5.41) is 7.59. The van der Waals surface area contributed by atoms with Crippen LogP contribution in [0.3, 0.4) is 0 Å². The Hall–Kier alpha value is -0.530. The smallest absolute Gasteiger partial charge is 0.191 e. The third kappa shape index (κ3) is 7.15. The highest BCUT2D eigenvalue weighted by atomic mass is 127. The van der Waals surface area contributed by atoms with E-state index in [1.165, 1.54) is 24.9 Å². The number of benzene rings is 1. The monoisotopic (exact) mass is 464 g/mol. The molecule has 0 bridgehead atoms. The van der Waals surface area contributed by atoms with Crippen LogP contribution in [0.4, 0.5) is 0 Å².